The van der Waals surface area contributed by atoms with Gasteiger partial charge < -0.3 is 0 Å². The van der Waals surface area contributed by atoms with Gasteiger partial charge in [-0.1, -0.05) is 224 Å². The van der Waals surface area contributed by atoms with E-state index in [0.29, 0.717) is 69.7 Å². The van der Waals surface area contributed by atoms with Crippen molar-refractivity contribution in [2.24, 2.45) is 35.5 Å². The Balaban J connectivity index is 0.690. The van der Waals surface area contributed by atoms with Crippen LogP contribution in [0.25, 0.3) is 112 Å². The number of aromatic nitrogens is 6. The van der Waals surface area contributed by atoms with E-state index in [1.165, 1.54) is 77.5 Å². The monoisotopic (exact) mass is 1260 g/mol. The Kier molecular flexibility index (Phi) is 14.6. The van der Waals surface area contributed by atoms with E-state index in [0.717, 1.165) is 103 Å². The molecule has 0 saturated heterocycles. The highest BCUT2D eigenvalue weighted by molar-refractivity contribution is 6.09. The molecule has 474 valence electrons. The molecule has 17 rings (SSSR count). The average Bonchev–Trinajstić information content (AvgIpc) is 1.69. The molecule has 4 fully saturated rings. The minimum Gasteiger partial charge on any atom is -0.208 e. The topological polar surface area (TPSA) is 125 Å². The van der Waals surface area contributed by atoms with E-state index in [2.05, 4.69) is 211 Å². The van der Waals surface area contributed by atoms with Crippen LogP contribution >= 0.6 is 0 Å². The first kappa shape index (κ1) is 60.4. The largest absolute Gasteiger partial charge is 0.208 e. The van der Waals surface area contributed by atoms with Crippen LogP contribution in [0.5, 0.6) is 0 Å². The minimum atomic E-state index is -0.200. The highest BCUT2D eigenvalue weighted by atomic mass is 15.0. The molecule has 4 saturated carbocycles. The quantitative estimate of drug-likeness (QED) is 0.124. The SMILES string of the molecule is C[C@@H]1C[C@@H]2C[C@H](C)CC(c3ccc(-c4nc(-c5ccc(-c6ccc7c(c6)-c6ccc(C#N)cc6C7(C)C)cc5)nc(-c5cccc(C6[C@@H]7C[C@H](C)CC(c8ccc(-c9nc(-c%10ccccc%10)nc(-c%10cccc%11c(C#N)c%12ccccc%12cc%10%11)n9)cc8)(C7)C[C@@H]6C)c5)n4)cc3)(C1)C2. The number of nitriles is 2. The molecule has 2 heterocycles. The summed E-state index contributed by atoms with van der Waals surface area (Å²) in [5, 5.41) is 24.0. The van der Waals surface area contributed by atoms with Crippen molar-refractivity contribution in [3.05, 3.63) is 251 Å². The molecule has 12 aromatic rings. The summed E-state index contributed by atoms with van der Waals surface area (Å²) in [5.41, 5.74) is 18.5. The molecule has 0 radical (unpaired) electrons. The maximum atomic E-state index is 10.5. The van der Waals surface area contributed by atoms with Crippen LogP contribution < -0.4 is 0 Å². The van der Waals surface area contributed by atoms with Crippen LogP contribution in [0.4, 0.5) is 0 Å². The van der Waals surface area contributed by atoms with Gasteiger partial charge in [-0.15, -0.1) is 0 Å². The second kappa shape index (κ2) is 23.5. The molecular weight excluding hydrogens is 1180 g/mol. The first-order chi connectivity index (χ1) is 47.2. The van der Waals surface area contributed by atoms with Crippen LogP contribution in [0.3, 0.4) is 0 Å². The molecule has 10 aromatic carbocycles. The predicted molar refractivity (Wildman–Crippen MR) is 391 cm³/mol. The fourth-order valence-corrected chi connectivity index (χ4v) is 19.8. The summed E-state index contributed by atoms with van der Waals surface area (Å²) < 4.78 is 0. The Hall–Kier alpha value is -10.3. The van der Waals surface area contributed by atoms with Crippen LogP contribution in [0, 0.1) is 58.2 Å². The van der Waals surface area contributed by atoms with Gasteiger partial charge in [0.25, 0.3) is 0 Å². The lowest BCUT2D eigenvalue weighted by Crippen LogP contribution is -2.45. The van der Waals surface area contributed by atoms with E-state index in [9.17, 15) is 10.5 Å². The van der Waals surface area contributed by atoms with Gasteiger partial charge in [0.05, 0.1) is 17.2 Å². The van der Waals surface area contributed by atoms with Crippen LogP contribution in [-0.2, 0) is 16.2 Å². The van der Waals surface area contributed by atoms with Gasteiger partial charge in [-0.05, 0) is 201 Å². The number of rotatable bonds is 10. The zero-order chi connectivity index (χ0) is 65.9. The molecule has 8 heteroatoms. The Morgan fingerprint density at radius 3 is 1.56 bits per heavy atom. The van der Waals surface area contributed by atoms with Gasteiger partial charge in [-0.25, -0.2) is 29.9 Å². The Morgan fingerprint density at radius 2 is 0.907 bits per heavy atom. The molecule has 5 aliphatic carbocycles. The Bertz CT molecular complexity index is 5170. The number of nitrogens with zero attached hydrogens (tertiary/aromatic N) is 8. The van der Waals surface area contributed by atoms with Gasteiger partial charge in [0.2, 0.25) is 0 Å². The van der Waals surface area contributed by atoms with Crippen molar-refractivity contribution in [1.82, 2.24) is 29.9 Å². The van der Waals surface area contributed by atoms with Gasteiger partial charge in [0, 0.05) is 49.6 Å². The molecule has 0 aliphatic heterocycles. The zero-order valence-electron chi connectivity index (χ0n) is 56.2. The minimum absolute atomic E-state index is 0.0267. The summed E-state index contributed by atoms with van der Waals surface area (Å²) >= 11 is 0. The fourth-order valence-electron chi connectivity index (χ4n) is 19.8. The van der Waals surface area contributed by atoms with Crippen LogP contribution in [0.2, 0.25) is 0 Å². The van der Waals surface area contributed by atoms with Crippen molar-refractivity contribution in [1.29, 1.82) is 10.5 Å². The van der Waals surface area contributed by atoms with E-state index >= 15 is 0 Å². The first-order valence-electron chi connectivity index (χ1n) is 35.2. The number of hydrogen-bond donors (Lipinski definition) is 0. The molecule has 2 aromatic heterocycles. The van der Waals surface area contributed by atoms with E-state index in [-0.39, 0.29) is 16.2 Å². The van der Waals surface area contributed by atoms with Crippen molar-refractivity contribution in [2.45, 2.75) is 121 Å². The summed E-state index contributed by atoms with van der Waals surface area (Å²) in [7, 11) is 0. The normalized spacial score (nSPS) is 23.6. The molecular formula is C89H78N8. The van der Waals surface area contributed by atoms with E-state index in [4.69, 9.17) is 29.9 Å². The second-order valence-corrected chi connectivity index (χ2v) is 30.5. The third-order valence-corrected chi connectivity index (χ3v) is 23.4. The average molecular weight is 1260 g/mol. The van der Waals surface area contributed by atoms with E-state index in [1.807, 2.05) is 54.6 Å². The highest BCUT2D eigenvalue weighted by Gasteiger charge is 2.50. The maximum absolute atomic E-state index is 10.5. The molecule has 0 spiro atoms. The molecule has 8 nitrogen and oxygen atoms in total. The zero-order valence-corrected chi connectivity index (χ0v) is 56.2. The van der Waals surface area contributed by atoms with Crippen molar-refractivity contribution in [2.75, 3.05) is 0 Å². The molecule has 3 unspecified atom stereocenters. The first-order valence-corrected chi connectivity index (χ1v) is 35.2. The Labute approximate surface area is 569 Å². The highest BCUT2D eigenvalue weighted by Crippen LogP contribution is 2.60. The van der Waals surface area contributed by atoms with Crippen molar-refractivity contribution in [3.8, 4) is 103 Å². The van der Waals surface area contributed by atoms with Crippen LogP contribution in [0.1, 0.15) is 144 Å². The molecule has 4 bridgehead atoms. The summed E-state index contributed by atoms with van der Waals surface area (Å²) in [6, 6.07) is 80.9. The fraction of sp³-hybridized carbons (Fsp3) is 0.281. The number of benzene rings is 10. The Morgan fingerprint density at radius 1 is 0.371 bits per heavy atom. The van der Waals surface area contributed by atoms with Crippen LogP contribution in [0.15, 0.2) is 212 Å². The van der Waals surface area contributed by atoms with Crippen LogP contribution in [-0.4, -0.2) is 29.9 Å². The summed E-state index contributed by atoms with van der Waals surface area (Å²) in [6.07, 6.45) is 11.1. The lowest BCUT2D eigenvalue weighted by Gasteiger charge is -2.54. The van der Waals surface area contributed by atoms with Crippen molar-refractivity contribution >= 4 is 21.5 Å². The summed E-state index contributed by atoms with van der Waals surface area (Å²) in [4.78, 5) is 31.8. The number of hydrogen-bond acceptors (Lipinski definition) is 8. The number of fused-ring (bicyclic) bond motifs is 9. The molecule has 97 heavy (non-hydrogen) atoms. The molecule has 0 amide bonds. The third kappa shape index (κ3) is 10.5. The second-order valence-electron chi connectivity index (χ2n) is 30.5. The smallest absolute Gasteiger partial charge is 0.164 e. The van der Waals surface area contributed by atoms with E-state index < -0.39 is 0 Å². The molecule has 9 atom stereocenters. The van der Waals surface area contributed by atoms with Crippen molar-refractivity contribution in [3.63, 3.8) is 0 Å². The van der Waals surface area contributed by atoms with Gasteiger partial charge in [0.1, 0.15) is 6.07 Å². The summed E-state index contributed by atoms with van der Waals surface area (Å²) in [6.45, 7) is 14.4. The van der Waals surface area contributed by atoms with Gasteiger partial charge >= 0.3 is 0 Å². The predicted octanol–water partition coefficient (Wildman–Crippen LogP) is 21.7. The summed E-state index contributed by atoms with van der Waals surface area (Å²) in [5.74, 6) is 7.93. The maximum Gasteiger partial charge on any atom is 0.164 e. The van der Waals surface area contributed by atoms with Gasteiger partial charge in [0.15, 0.2) is 34.9 Å². The van der Waals surface area contributed by atoms with Gasteiger partial charge in [-0.2, -0.15) is 10.5 Å². The van der Waals surface area contributed by atoms with E-state index in [1.54, 1.807) is 0 Å². The van der Waals surface area contributed by atoms with Crippen molar-refractivity contribution < 1.29 is 0 Å². The molecule has 0 N–H and O–H groups in total. The molecule has 5 aliphatic rings. The lowest BCUT2D eigenvalue weighted by molar-refractivity contribution is 0.0558. The third-order valence-electron chi connectivity index (χ3n) is 23.4. The lowest BCUT2D eigenvalue weighted by atomic mass is 9.50. The van der Waals surface area contributed by atoms with Gasteiger partial charge in [-0.3, -0.25) is 0 Å². The standard InChI is InChI=1S/C89H78N8/c1-53-38-58-39-54(2)46-88(45-53,49-58)69-32-27-62(28-33-69)83-93-82(61-25-23-59(24-26-61)64-31-37-78-76(43-64)73-36-22-57(51-90)41-79(73)87(78,5)6)94-85(95-83)67-18-12-17-66(42-67)80-56(4)48-89(47-55(3)40-68(80)50-89)70-34-29-63(30-35-70)84-92-81(60-14-8-7-9-15-60)96-86(97-84)74-21-13-20-72-75(74)44-65-16-10-11-19-71(65)77(72)52-91/h7-37,41-44,53-56,58,68,80H,38-40,45-50H2,1-6H3/t53-,54+,55-,56-,58-,68+,80?,88?,89?/m0/s1.